The molecule has 0 aromatic carbocycles. The van der Waals surface area contributed by atoms with Crippen LogP contribution in [0.1, 0.15) is 50.3 Å². The Morgan fingerprint density at radius 1 is 1.29 bits per heavy atom. The van der Waals surface area contributed by atoms with Gasteiger partial charge in [-0.05, 0) is 18.9 Å². The Balaban J connectivity index is 2.25. The molecule has 2 rings (SSSR count). The highest BCUT2D eigenvalue weighted by Crippen LogP contribution is 2.43. The van der Waals surface area contributed by atoms with E-state index in [0.29, 0.717) is 5.69 Å². The minimum absolute atomic E-state index is 0.559. The van der Waals surface area contributed by atoms with Crippen LogP contribution in [-0.4, -0.2) is 15.1 Å². The maximum Gasteiger partial charge on any atom is 0.115 e. The number of hydrogen-bond acceptors (Lipinski definition) is 4. The van der Waals surface area contributed by atoms with Crippen LogP contribution in [0.3, 0.4) is 0 Å². The molecule has 17 heavy (non-hydrogen) atoms. The van der Waals surface area contributed by atoms with Gasteiger partial charge in [-0.25, -0.2) is 9.97 Å². The highest BCUT2D eigenvalue weighted by molar-refractivity contribution is 5.14. The van der Waals surface area contributed by atoms with E-state index in [1.54, 1.807) is 12.3 Å². The lowest BCUT2D eigenvalue weighted by Gasteiger charge is -2.29. The van der Waals surface area contributed by atoms with Gasteiger partial charge in [0.15, 0.2) is 0 Å². The van der Waals surface area contributed by atoms with Gasteiger partial charge >= 0.3 is 0 Å². The molecule has 1 heterocycles. The van der Waals surface area contributed by atoms with Crippen molar-refractivity contribution in [2.45, 2.75) is 44.6 Å². The van der Waals surface area contributed by atoms with E-state index in [2.05, 4.69) is 16.0 Å². The quantitative estimate of drug-likeness (QED) is 0.793. The summed E-state index contributed by atoms with van der Waals surface area (Å²) in [5.41, 5.74) is -0.103. The second kappa shape index (κ2) is 5.24. The maximum atomic E-state index is 10.4. The van der Waals surface area contributed by atoms with Crippen LogP contribution in [0, 0.1) is 16.7 Å². The zero-order chi connectivity index (χ0) is 12.1. The number of hydrogen-bond donors (Lipinski definition) is 1. The molecule has 0 amide bonds. The second-order valence-corrected chi connectivity index (χ2v) is 4.72. The Morgan fingerprint density at radius 3 is 2.53 bits per heavy atom. The third kappa shape index (κ3) is 2.45. The third-order valence-electron chi connectivity index (χ3n) is 3.63. The first-order valence-electron chi connectivity index (χ1n) is 6.14. The van der Waals surface area contributed by atoms with Gasteiger partial charge in [0.1, 0.15) is 12.4 Å². The summed E-state index contributed by atoms with van der Waals surface area (Å²) in [7, 11) is 0. The van der Waals surface area contributed by atoms with E-state index in [0.717, 1.165) is 38.5 Å². The number of aliphatic hydroxyl groups is 1. The van der Waals surface area contributed by atoms with Crippen LogP contribution >= 0.6 is 0 Å². The molecular weight excluding hydrogens is 214 g/mol. The largest absolute Gasteiger partial charge is 0.385 e. The van der Waals surface area contributed by atoms with Crippen molar-refractivity contribution in [3.8, 4) is 6.07 Å². The van der Waals surface area contributed by atoms with Crippen LogP contribution in [0.5, 0.6) is 0 Å². The molecule has 4 heteroatoms. The third-order valence-corrected chi connectivity index (χ3v) is 3.63. The predicted molar refractivity (Wildman–Crippen MR) is 62.7 cm³/mol. The van der Waals surface area contributed by atoms with Crippen molar-refractivity contribution >= 4 is 0 Å². The molecule has 1 N–H and O–H groups in total. The topological polar surface area (TPSA) is 69.8 Å². The molecule has 1 aliphatic rings. The fourth-order valence-corrected chi connectivity index (χ4v) is 2.55. The number of nitriles is 1. The molecule has 0 radical (unpaired) electrons. The Labute approximate surface area is 101 Å². The Bertz CT molecular complexity index is 391. The summed E-state index contributed by atoms with van der Waals surface area (Å²) in [4.78, 5) is 7.90. The smallest absolute Gasteiger partial charge is 0.115 e. The molecule has 1 aromatic heterocycles. The van der Waals surface area contributed by atoms with E-state index in [1.807, 2.05) is 0 Å². The average molecular weight is 231 g/mol. The van der Waals surface area contributed by atoms with Crippen molar-refractivity contribution in [2.24, 2.45) is 5.41 Å². The van der Waals surface area contributed by atoms with Gasteiger partial charge in [-0.15, -0.1) is 0 Å². The SMILES string of the molecule is N#CC1(C(O)c2ccncn2)CCCCCC1. The van der Waals surface area contributed by atoms with Gasteiger partial charge in [0.2, 0.25) is 0 Å². The zero-order valence-electron chi connectivity index (χ0n) is 9.84. The molecule has 1 aliphatic carbocycles. The Morgan fingerprint density at radius 2 is 2.00 bits per heavy atom. The Hall–Kier alpha value is -1.47. The van der Waals surface area contributed by atoms with Crippen molar-refractivity contribution in [2.75, 3.05) is 0 Å². The van der Waals surface area contributed by atoms with Crippen LogP contribution in [-0.2, 0) is 0 Å². The van der Waals surface area contributed by atoms with Crippen LogP contribution in [0.2, 0.25) is 0 Å². The number of aromatic nitrogens is 2. The molecular formula is C13H17N3O. The Kier molecular flexibility index (Phi) is 3.70. The maximum absolute atomic E-state index is 10.4. The molecule has 0 aliphatic heterocycles. The number of rotatable bonds is 2. The summed E-state index contributed by atoms with van der Waals surface area (Å²) in [5, 5.41) is 19.9. The van der Waals surface area contributed by atoms with Crippen LogP contribution in [0.15, 0.2) is 18.6 Å². The lowest BCUT2D eigenvalue weighted by atomic mass is 9.75. The highest BCUT2D eigenvalue weighted by Gasteiger charge is 2.39. The predicted octanol–water partition coefficient (Wildman–Crippen LogP) is 2.37. The normalized spacial score (nSPS) is 21.2. The summed E-state index contributed by atoms with van der Waals surface area (Å²) in [6.07, 6.45) is 8.07. The fourth-order valence-electron chi connectivity index (χ4n) is 2.55. The first-order valence-corrected chi connectivity index (χ1v) is 6.14. The molecule has 1 fully saturated rings. The fraction of sp³-hybridized carbons (Fsp3) is 0.615. The van der Waals surface area contributed by atoms with Gasteiger partial charge in [-0.2, -0.15) is 5.26 Å². The molecule has 1 aromatic rings. The van der Waals surface area contributed by atoms with Gasteiger partial charge in [0.05, 0.1) is 17.2 Å². The van der Waals surface area contributed by atoms with Crippen molar-refractivity contribution in [3.63, 3.8) is 0 Å². The van der Waals surface area contributed by atoms with Crippen LogP contribution < -0.4 is 0 Å². The average Bonchev–Trinajstić information content (AvgIpc) is 2.65. The molecule has 0 saturated heterocycles. The van der Waals surface area contributed by atoms with E-state index in [9.17, 15) is 10.4 Å². The van der Waals surface area contributed by atoms with Gasteiger partial charge in [0.25, 0.3) is 0 Å². The first kappa shape index (κ1) is 12.0. The standard InChI is InChI=1S/C13H17N3O/c14-9-13(6-3-1-2-4-7-13)12(17)11-5-8-15-10-16-11/h5,8,10,12,17H,1-4,6-7H2. The van der Waals surface area contributed by atoms with Crippen LogP contribution in [0.25, 0.3) is 0 Å². The molecule has 1 unspecified atom stereocenters. The van der Waals surface area contributed by atoms with E-state index < -0.39 is 11.5 Å². The summed E-state index contributed by atoms with van der Waals surface area (Å²) >= 11 is 0. The summed E-state index contributed by atoms with van der Waals surface area (Å²) < 4.78 is 0. The van der Waals surface area contributed by atoms with Crippen LogP contribution in [0.4, 0.5) is 0 Å². The minimum atomic E-state index is -0.798. The number of aliphatic hydroxyl groups excluding tert-OH is 1. The molecule has 90 valence electrons. The zero-order valence-corrected chi connectivity index (χ0v) is 9.84. The van der Waals surface area contributed by atoms with Crippen molar-refractivity contribution in [3.05, 3.63) is 24.3 Å². The number of nitrogens with zero attached hydrogens (tertiary/aromatic N) is 3. The highest BCUT2D eigenvalue weighted by atomic mass is 16.3. The summed E-state index contributed by atoms with van der Waals surface area (Å²) in [6, 6.07) is 4.03. The van der Waals surface area contributed by atoms with Crippen molar-refractivity contribution < 1.29 is 5.11 Å². The van der Waals surface area contributed by atoms with Gasteiger partial charge < -0.3 is 5.11 Å². The molecule has 0 bridgehead atoms. The van der Waals surface area contributed by atoms with E-state index in [4.69, 9.17) is 0 Å². The first-order chi connectivity index (χ1) is 8.28. The van der Waals surface area contributed by atoms with Gasteiger partial charge in [-0.3, -0.25) is 0 Å². The summed E-state index contributed by atoms with van der Waals surface area (Å²) in [5.74, 6) is 0. The molecule has 4 nitrogen and oxygen atoms in total. The van der Waals surface area contributed by atoms with E-state index in [1.165, 1.54) is 6.33 Å². The minimum Gasteiger partial charge on any atom is -0.385 e. The van der Waals surface area contributed by atoms with Gasteiger partial charge in [0, 0.05) is 6.20 Å². The monoisotopic (exact) mass is 231 g/mol. The summed E-state index contributed by atoms with van der Waals surface area (Å²) in [6.45, 7) is 0. The lowest BCUT2D eigenvalue weighted by molar-refractivity contribution is 0.0480. The van der Waals surface area contributed by atoms with E-state index >= 15 is 0 Å². The van der Waals surface area contributed by atoms with Crippen molar-refractivity contribution in [1.82, 2.24) is 9.97 Å². The second-order valence-electron chi connectivity index (χ2n) is 4.72. The van der Waals surface area contributed by atoms with Gasteiger partial charge in [-0.1, -0.05) is 25.7 Å². The van der Waals surface area contributed by atoms with E-state index in [-0.39, 0.29) is 0 Å². The lowest BCUT2D eigenvalue weighted by Crippen LogP contribution is -2.27. The van der Waals surface area contributed by atoms with Crippen molar-refractivity contribution in [1.29, 1.82) is 5.26 Å². The molecule has 0 spiro atoms. The molecule has 1 atom stereocenters. The molecule has 1 saturated carbocycles.